The highest BCUT2D eigenvalue weighted by molar-refractivity contribution is 5.93. The lowest BCUT2D eigenvalue weighted by Gasteiger charge is -2.25. The molecule has 6 N–H and O–H groups in total. The van der Waals surface area contributed by atoms with E-state index in [4.69, 9.17) is 9.47 Å². The van der Waals surface area contributed by atoms with Gasteiger partial charge in [-0.15, -0.1) is 0 Å². The van der Waals surface area contributed by atoms with Gasteiger partial charge in [-0.2, -0.15) is 0 Å². The number of alkyl carbamates (subject to hydrolysis) is 1. The molecule has 4 rings (SSSR count). The number of aromatic amines is 1. The van der Waals surface area contributed by atoms with Gasteiger partial charge in [0.15, 0.2) is 0 Å². The van der Waals surface area contributed by atoms with E-state index in [1.54, 1.807) is 43.3 Å². The Hall–Kier alpha value is -5.85. The van der Waals surface area contributed by atoms with Crippen LogP contribution in [0.4, 0.5) is 4.79 Å². The summed E-state index contributed by atoms with van der Waals surface area (Å²) < 4.78 is 10.5. The second-order valence-corrected chi connectivity index (χ2v) is 10.7. The number of carbonyl (C=O) groups excluding carboxylic acids is 4. The lowest BCUT2D eigenvalue weighted by molar-refractivity contribution is -0.147. The van der Waals surface area contributed by atoms with Crippen LogP contribution in [0.15, 0.2) is 91.4 Å². The molecule has 0 aliphatic carbocycles. The van der Waals surface area contributed by atoms with Gasteiger partial charge in [0.1, 0.15) is 36.2 Å². The van der Waals surface area contributed by atoms with Crippen molar-refractivity contribution in [3.63, 3.8) is 0 Å². The van der Waals surface area contributed by atoms with Crippen molar-refractivity contribution in [3.8, 4) is 11.5 Å². The van der Waals surface area contributed by atoms with Crippen molar-refractivity contribution >= 4 is 23.9 Å². The second-order valence-electron chi connectivity index (χ2n) is 10.7. The highest BCUT2D eigenvalue weighted by Crippen LogP contribution is 2.14. The number of phenols is 2. The number of esters is 1. The van der Waals surface area contributed by atoms with Crippen molar-refractivity contribution in [2.75, 3.05) is 6.61 Å². The van der Waals surface area contributed by atoms with Crippen LogP contribution in [0.1, 0.15) is 29.3 Å². The number of nitrogens with one attached hydrogen (secondary N) is 4. The summed E-state index contributed by atoms with van der Waals surface area (Å²) in [6.45, 7) is 1.70. The maximum absolute atomic E-state index is 13.8. The number of ether oxygens (including phenoxy) is 2. The van der Waals surface area contributed by atoms with Gasteiger partial charge in [0.25, 0.3) is 0 Å². The number of aromatic hydroxyl groups is 2. The summed E-state index contributed by atoms with van der Waals surface area (Å²) in [5, 5.41) is 27.4. The Morgan fingerprint density at radius 3 is 1.81 bits per heavy atom. The standard InChI is InChI=1S/C34H37N5O8/c1-2-46-33(44)30(17-23-10-14-27(41)15-11-23)38-31(42)28(16-22-8-12-26(40)13-9-22)37-32(43)29(18-25-19-35-21-36-25)39-34(45)47-20-24-6-4-3-5-7-24/h3-15,19,21,28-30,40-41H,2,16-18,20H2,1H3,(H,35,36)(H,37,43)(H,38,42)(H,39,45)/t28-,29+,30-/m0/s1. The summed E-state index contributed by atoms with van der Waals surface area (Å²) >= 11 is 0. The summed E-state index contributed by atoms with van der Waals surface area (Å²) in [5.74, 6) is -1.99. The number of amides is 3. The zero-order chi connectivity index (χ0) is 33.6. The molecule has 13 heteroatoms. The molecule has 0 aliphatic heterocycles. The Labute approximate surface area is 271 Å². The zero-order valence-electron chi connectivity index (χ0n) is 25.7. The number of hydrogen-bond donors (Lipinski definition) is 6. The molecule has 246 valence electrons. The number of aromatic nitrogens is 2. The van der Waals surface area contributed by atoms with Crippen molar-refractivity contribution in [3.05, 3.63) is 114 Å². The summed E-state index contributed by atoms with van der Waals surface area (Å²) in [6.07, 6.45) is 2.15. The molecule has 0 saturated heterocycles. The average Bonchev–Trinajstić information content (AvgIpc) is 3.58. The first-order valence-corrected chi connectivity index (χ1v) is 15.0. The number of carbonyl (C=O) groups is 4. The van der Waals surface area contributed by atoms with Crippen LogP contribution in [0.3, 0.4) is 0 Å². The van der Waals surface area contributed by atoms with Crippen molar-refractivity contribution in [1.29, 1.82) is 0 Å². The molecule has 0 saturated carbocycles. The lowest BCUT2D eigenvalue weighted by Crippen LogP contribution is -2.57. The molecule has 3 atom stereocenters. The smallest absolute Gasteiger partial charge is 0.408 e. The number of H-pyrrole nitrogens is 1. The minimum Gasteiger partial charge on any atom is -0.508 e. The summed E-state index contributed by atoms with van der Waals surface area (Å²) in [6, 6.07) is 17.8. The van der Waals surface area contributed by atoms with Gasteiger partial charge < -0.3 is 40.6 Å². The summed E-state index contributed by atoms with van der Waals surface area (Å²) in [5.41, 5.74) is 2.56. The largest absolute Gasteiger partial charge is 0.508 e. The topological polar surface area (TPSA) is 192 Å². The molecule has 0 fully saturated rings. The lowest BCUT2D eigenvalue weighted by atomic mass is 10.0. The molecule has 1 aromatic heterocycles. The molecular weight excluding hydrogens is 606 g/mol. The third-order valence-electron chi connectivity index (χ3n) is 7.07. The summed E-state index contributed by atoms with van der Waals surface area (Å²) in [4.78, 5) is 60.0. The van der Waals surface area contributed by atoms with Gasteiger partial charge in [-0.05, 0) is 47.9 Å². The monoisotopic (exact) mass is 643 g/mol. The van der Waals surface area contributed by atoms with Gasteiger partial charge in [-0.3, -0.25) is 9.59 Å². The molecule has 0 bridgehead atoms. The molecule has 3 amide bonds. The van der Waals surface area contributed by atoms with E-state index in [9.17, 15) is 29.4 Å². The maximum Gasteiger partial charge on any atom is 0.408 e. The van der Waals surface area contributed by atoms with E-state index in [0.717, 1.165) is 5.56 Å². The van der Waals surface area contributed by atoms with Crippen molar-refractivity contribution in [2.45, 2.75) is 50.9 Å². The van der Waals surface area contributed by atoms with Crippen LogP contribution in [-0.4, -0.2) is 68.8 Å². The Balaban J connectivity index is 1.53. The molecule has 13 nitrogen and oxygen atoms in total. The predicted octanol–water partition coefficient (Wildman–Crippen LogP) is 2.68. The number of nitrogens with zero attached hydrogens (tertiary/aromatic N) is 1. The molecule has 0 aliphatic rings. The van der Waals surface area contributed by atoms with Gasteiger partial charge in [-0.25, -0.2) is 14.6 Å². The van der Waals surface area contributed by atoms with Crippen LogP contribution >= 0.6 is 0 Å². The molecule has 4 aromatic rings. The van der Waals surface area contributed by atoms with Gasteiger partial charge in [-0.1, -0.05) is 54.6 Å². The van der Waals surface area contributed by atoms with Crippen LogP contribution in [0.5, 0.6) is 11.5 Å². The van der Waals surface area contributed by atoms with Gasteiger partial charge >= 0.3 is 12.1 Å². The fourth-order valence-corrected chi connectivity index (χ4v) is 4.66. The molecule has 0 unspecified atom stereocenters. The first-order valence-electron chi connectivity index (χ1n) is 15.0. The van der Waals surface area contributed by atoms with Crippen molar-refractivity contribution in [2.24, 2.45) is 0 Å². The Kier molecular flexibility index (Phi) is 12.3. The molecule has 0 radical (unpaired) electrons. The van der Waals surface area contributed by atoms with E-state index >= 15 is 0 Å². The van der Waals surface area contributed by atoms with E-state index < -0.39 is 42.0 Å². The minimum atomic E-state index is -1.21. The molecular formula is C34H37N5O8. The Bertz CT molecular complexity index is 1600. The number of phenolic OH excluding ortho intramolecular Hbond substituents is 2. The van der Waals surface area contributed by atoms with E-state index in [1.807, 2.05) is 18.2 Å². The van der Waals surface area contributed by atoms with E-state index in [2.05, 4.69) is 25.9 Å². The van der Waals surface area contributed by atoms with Gasteiger partial charge in [0.2, 0.25) is 11.8 Å². The van der Waals surface area contributed by atoms with E-state index in [1.165, 1.54) is 36.8 Å². The number of rotatable bonds is 15. The fraction of sp³-hybridized carbons (Fsp3) is 0.265. The van der Waals surface area contributed by atoms with Crippen LogP contribution in [0.25, 0.3) is 0 Å². The highest BCUT2D eigenvalue weighted by atomic mass is 16.5. The quantitative estimate of drug-likeness (QED) is 0.106. The van der Waals surface area contributed by atoms with Crippen molar-refractivity contribution in [1.82, 2.24) is 25.9 Å². The molecule has 3 aromatic carbocycles. The third kappa shape index (κ3) is 10.9. The molecule has 1 heterocycles. The predicted molar refractivity (Wildman–Crippen MR) is 170 cm³/mol. The van der Waals surface area contributed by atoms with Gasteiger partial charge in [0.05, 0.1) is 12.9 Å². The van der Waals surface area contributed by atoms with E-state index in [-0.39, 0.29) is 44.0 Å². The first kappa shape index (κ1) is 34.0. The highest BCUT2D eigenvalue weighted by Gasteiger charge is 2.31. The maximum atomic E-state index is 13.8. The number of hydrogen-bond acceptors (Lipinski definition) is 9. The number of imidazole rings is 1. The van der Waals surface area contributed by atoms with Crippen molar-refractivity contribution < 1.29 is 38.9 Å². The zero-order valence-corrected chi connectivity index (χ0v) is 25.7. The van der Waals surface area contributed by atoms with Gasteiger partial charge in [0, 0.05) is 31.2 Å². The normalized spacial score (nSPS) is 12.6. The minimum absolute atomic E-state index is 0.00607. The first-order chi connectivity index (χ1) is 22.7. The second kappa shape index (κ2) is 17.0. The molecule has 47 heavy (non-hydrogen) atoms. The summed E-state index contributed by atoms with van der Waals surface area (Å²) in [7, 11) is 0. The SMILES string of the molecule is CCOC(=O)[C@H](Cc1ccc(O)cc1)NC(=O)[C@H](Cc1ccc(O)cc1)NC(=O)[C@@H](Cc1cnc[nH]1)NC(=O)OCc1ccccc1. The Morgan fingerprint density at radius 1 is 0.702 bits per heavy atom. The van der Waals surface area contributed by atoms with E-state index in [0.29, 0.717) is 16.8 Å². The number of benzene rings is 3. The average molecular weight is 644 g/mol. The Morgan fingerprint density at radius 2 is 1.26 bits per heavy atom. The van der Waals surface area contributed by atoms with Crippen LogP contribution in [0, 0.1) is 0 Å². The van der Waals surface area contributed by atoms with Crippen LogP contribution < -0.4 is 16.0 Å². The fourth-order valence-electron chi connectivity index (χ4n) is 4.66. The third-order valence-corrected chi connectivity index (χ3v) is 7.07. The van der Waals surface area contributed by atoms with Crippen LogP contribution in [0.2, 0.25) is 0 Å². The van der Waals surface area contributed by atoms with Crippen LogP contribution in [-0.2, 0) is 49.7 Å². The molecule has 0 spiro atoms.